The first-order valence-corrected chi connectivity index (χ1v) is 2.36. The summed E-state index contributed by atoms with van der Waals surface area (Å²) in [6.07, 6.45) is 2.18. The lowest BCUT2D eigenvalue weighted by atomic mass is 10.3. The van der Waals surface area contributed by atoms with Gasteiger partial charge in [-0.1, -0.05) is 5.92 Å². The lowest BCUT2D eigenvalue weighted by Crippen LogP contribution is -1.67. The van der Waals surface area contributed by atoms with Crippen molar-refractivity contribution < 1.29 is 4.79 Å². The number of carbonyl (C=O) groups is 1. The SMILES string of the molecule is CC#C/C(C)=C\C=O. The van der Waals surface area contributed by atoms with E-state index in [4.69, 9.17) is 0 Å². The van der Waals surface area contributed by atoms with Gasteiger partial charge < -0.3 is 0 Å². The standard InChI is InChI=1S/C7H8O/c1-3-4-7(2)5-6-8/h5-6H,1-2H3/b7-5-. The van der Waals surface area contributed by atoms with Crippen LogP contribution in [0.15, 0.2) is 11.6 Å². The number of carbonyl (C=O) groups excluding carboxylic acids is 1. The fourth-order valence-electron chi connectivity index (χ4n) is 0.341. The second kappa shape index (κ2) is 4.14. The van der Waals surface area contributed by atoms with Crippen LogP contribution in [0, 0.1) is 11.8 Å². The highest BCUT2D eigenvalue weighted by Gasteiger charge is 1.73. The fourth-order valence-corrected chi connectivity index (χ4v) is 0.341. The predicted octanol–water partition coefficient (Wildman–Crippen LogP) is 1.15. The molecule has 0 rings (SSSR count). The zero-order chi connectivity index (χ0) is 6.41. The summed E-state index contributed by atoms with van der Waals surface area (Å²) in [7, 11) is 0. The average Bonchev–Trinajstić information content (AvgIpc) is 1.68. The van der Waals surface area contributed by atoms with Crippen molar-refractivity contribution in [2.75, 3.05) is 0 Å². The molecule has 0 amide bonds. The number of rotatable bonds is 1. The topological polar surface area (TPSA) is 17.1 Å². The summed E-state index contributed by atoms with van der Waals surface area (Å²) in [5.74, 6) is 5.40. The molecule has 0 aliphatic rings. The molecule has 0 radical (unpaired) electrons. The maximum atomic E-state index is 9.75. The summed E-state index contributed by atoms with van der Waals surface area (Å²) in [6.45, 7) is 3.53. The van der Waals surface area contributed by atoms with Gasteiger partial charge in [0.2, 0.25) is 0 Å². The van der Waals surface area contributed by atoms with E-state index in [1.54, 1.807) is 13.8 Å². The van der Waals surface area contributed by atoms with Crippen LogP contribution in [0.2, 0.25) is 0 Å². The van der Waals surface area contributed by atoms with Crippen molar-refractivity contribution in [1.29, 1.82) is 0 Å². The summed E-state index contributed by atoms with van der Waals surface area (Å²) >= 11 is 0. The van der Waals surface area contributed by atoms with E-state index in [1.807, 2.05) is 0 Å². The molecule has 42 valence electrons. The van der Waals surface area contributed by atoms with E-state index in [0.717, 1.165) is 11.9 Å². The molecule has 0 heterocycles. The quantitative estimate of drug-likeness (QED) is 0.280. The lowest BCUT2D eigenvalue weighted by Gasteiger charge is -1.76. The minimum absolute atomic E-state index is 0.736. The molecule has 0 aliphatic heterocycles. The molecule has 0 fully saturated rings. The summed E-state index contributed by atoms with van der Waals surface area (Å²) in [5.41, 5.74) is 0.808. The molecule has 0 atom stereocenters. The maximum Gasteiger partial charge on any atom is 0.143 e. The van der Waals surface area contributed by atoms with Crippen LogP contribution in [0.3, 0.4) is 0 Å². The molecular formula is C7H8O. The number of hydrogen-bond acceptors (Lipinski definition) is 1. The van der Waals surface area contributed by atoms with E-state index in [9.17, 15) is 4.79 Å². The Morgan fingerprint density at radius 3 is 2.62 bits per heavy atom. The van der Waals surface area contributed by atoms with Crippen LogP contribution in [-0.4, -0.2) is 6.29 Å². The smallest absolute Gasteiger partial charge is 0.143 e. The van der Waals surface area contributed by atoms with E-state index < -0.39 is 0 Å². The van der Waals surface area contributed by atoms with Gasteiger partial charge in [-0.05, 0) is 19.9 Å². The molecule has 0 spiro atoms. The van der Waals surface area contributed by atoms with Crippen molar-refractivity contribution in [3.05, 3.63) is 11.6 Å². The minimum Gasteiger partial charge on any atom is -0.299 e. The van der Waals surface area contributed by atoms with E-state index in [-0.39, 0.29) is 0 Å². The molecule has 0 aromatic rings. The molecule has 0 aromatic heterocycles. The first kappa shape index (κ1) is 6.97. The molecule has 0 aliphatic carbocycles. The Kier molecular flexibility index (Phi) is 3.60. The highest BCUT2D eigenvalue weighted by atomic mass is 16.1. The Morgan fingerprint density at radius 2 is 2.25 bits per heavy atom. The average molecular weight is 108 g/mol. The van der Waals surface area contributed by atoms with Gasteiger partial charge in [-0.15, -0.1) is 5.92 Å². The van der Waals surface area contributed by atoms with Crippen LogP contribution < -0.4 is 0 Å². The Bertz CT molecular complexity index is 155. The molecule has 0 saturated carbocycles. The minimum atomic E-state index is 0.736. The van der Waals surface area contributed by atoms with Gasteiger partial charge >= 0.3 is 0 Å². The molecule has 8 heavy (non-hydrogen) atoms. The summed E-state index contributed by atoms with van der Waals surface area (Å²) < 4.78 is 0. The van der Waals surface area contributed by atoms with Gasteiger partial charge in [-0.2, -0.15) is 0 Å². The van der Waals surface area contributed by atoms with Gasteiger partial charge in [-0.25, -0.2) is 0 Å². The van der Waals surface area contributed by atoms with Crippen LogP contribution in [0.25, 0.3) is 0 Å². The summed E-state index contributed by atoms with van der Waals surface area (Å²) in [4.78, 5) is 9.75. The molecule has 1 nitrogen and oxygen atoms in total. The van der Waals surface area contributed by atoms with Gasteiger partial charge in [-0.3, -0.25) is 4.79 Å². The Morgan fingerprint density at radius 1 is 1.62 bits per heavy atom. The number of aldehydes is 1. The van der Waals surface area contributed by atoms with Crippen molar-refractivity contribution in [3.8, 4) is 11.8 Å². The van der Waals surface area contributed by atoms with Crippen LogP contribution >= 0.6 is 0 Å². The molecular weight excluding hydrogens is 100 g/mol. The van der Waals surface area contributed by atoms with Gasteiger partial charge in [0.15, 0.2) is 0 Å². The van der Waals surface area contributed by atoms with Crippen molar-refractivity contribution in [2.45, 2.75) is 13.8 Å². The second-order valence-electron chi connectivity index (χ2n) is 1.36. The van der Waals surface area contributed by atoms with Gasteiger partial charge in [0, 0.05) is 5.57 Å². The molecule has 0 unspecified atom stereocenters. The van der Waals surface area contributed by atoms with Crippen molar-refractivity contribution in [3.63, 3.8) is 0 Å². The summed E-state index contributed by atoms with van der Waals surface area (Å²) in [5, 5.41) is 0. The van der Waals surface area contributed by atoms with Gasteiger partial charge in [0.1, 0.15) is 6.29 Å². The molecule has 0 N–H and O–H groups in total. The maximum absolute atomic E-state index is 9.75. The Labute approximate surface area is 49.4 Å². The number of allylic oxidation sites excluding steroid dienone is 2. The first-order valence-electron chi connectivity index (χ1n) is 2.36. The lowest BCUT2D eigenvalue weighted by molar-refractivity contribution is -0.104. The van der Waals surface area contributed by atoms with Crippen molar-refractivity contribution >= 4 is 6.29 Å². The highest BCUT2D eigenvalue weighted by molar-refractivity contribution is 5.67. The first-order chi connectivity index (χ1) is 3.81. The van der Waals surface area contributed by atoms with Crippen molar-refractivity contribution in [1.82, 2.24) is 0 Å². The molecule has 1 heteroatoms. The Hall–Kier alpha value is -1.03. The van der Waals surface area contributed by atoms with Crippen molar-refractivity contribution in [2.24, 2.45) is 0 Å². The van der Waals surface area contributed by atoms with Gasteiger partial charge in [0.05, 0.1) is 0 Å². The summed E-state index contributed by atoms with van der Waals surface area (Å²) in [6, 6.07) is 0. The second-order valence-corrected chi connectivity index (χ2v) is 1.36. The predicted molar refractivity (Wildman–Crippen MR) is 33.3 cm³/mol. The number of hydrogen-bond donors (Lipinski definition) is 0. The fraction of sp³-hybridized carbons (Fsp3) is 0.286. The van der Waals surface area contributed by atoms with Crippen LogP contribution in [0.1, 0.15) is 13.8 Å². The van der Waals surface area contributed by atoms with Crippen LogP contribution in [0.4, 0.5) is 0 Å². The Balaban J connectivity index is 3.93. The zero-order valence-electron chi connectivity index (χ0n) is 5.06. The van der Waals surface area contributed by atoms with Crippen LogP contribution in [0.5, 0.6) is 0 Å². The molecule has 0 bridgehead atoms. The third kappa shape index (κ3) is 3.17. The van der Waals surface area contributed by atoms with Crippen LogP contribution in [-0.2, 0) is 4.79 Å². The third-order valence-corrected chi connectivity index (χ3v) is 0.640. The van der Waals surface area contributed by atoms with Gasteiger partial charge in [0.25, 0.3) is 0 Å². The largest absolute Gasteiger partial charge is 0.299 e. The third-order valence-electron chi connectivity index (χ3n) is 0.640. The van der Waals surface area contributed by atoms with E-state index in [0.29, 0.717) is 0 Å². The van der Waals surface area contributed by atoms with E-state index >= 15 is 0 Å². The highest BCUT2D eigenvalue weighted by Crippen LogP contribution is 1.83. The zero-order valence-corrected chi connectivity index (χ0v) is 5.06. The monoisotopic (exact) mass is 108 g/mol. The normalized spacial score (nSPS) is 9.50. The molecule has 0 saturated heterocycles. The molecule has 0 aromatic carbocycles. The van der Waals surface area contributed by atoms with E-state index in [1.165, 1.54) is 6.08 Å². The van der Waals surface area contributed by atoms with E-state index in [2.05, 4.69) is 11.8 Å².